The summed E-state index contributed by atoms with van der Waals surface area (Å²) in [5, 5.41) is 0. The molecule has 0 aliphatic carbocycles. The van der Waals surface area contributed by atoms with Gasteiger partial charge in [0, 0.05) is 12.3 Å². The molecule has 1 unspecified atom stereocenters. The first kappa shape index (κ1) is 8.67. The average molecular weight is 177 g/mol. The van der Waals surface area contributed by atoms with E-state index >= 15 is 0 Å². The monoisotopic (exact) mass is 177 g/mol. The van der Waals surface area contributed by atoms with Gasteiger partial charge in [-0.1, -0.05) is 0 Å². The van der Waals surface area contributed by atoms with Crippen LogP contribution in [-0.2, 0) is 20.5 Å². The van der Waals surface area contributed by atoms with E-state index in [1.807, 2.05) is 0 Å². The van der Waals surface area contributed by atoms with Gasteiger partial charge in [0.15, 0.2) is 0 Å². The lowest BCUT2D eigenvalue weighted by molar-refractivity contribution is -0.140. The Bertz CT molecular complexity index is 183. The number of methoxy groups -OCH3 is 1. The molecule has 0 saturated carbocycles. The van der Waals surface area contributed by atoms with Crippen molar-refractivity contribution in [3.05, 3.63) is 0 Å². The fraction of sp³-hybridized carbons (Fsp3) is 0.833. The molecular weight excluding hydrogens is 166 g/mol. The van der Waals surface area contributed by atoms with E-state index in [2.05, 4.69) is 4.74 Å². The van der Waals surface area contributed by atoms with Crippen LogP contribution >= 0.6 is 0 Å². The molecule has 64 valence electrons. The second-order valence-corrected chi connectivity index (χ2v) is 3.89. The first-order valence-corrected chi connectivity index (χ1v) is 4.72. The van der Waals surface area contributed by atoms with Gasteiger partial charge in [0.1, 0.15) is 6.54 Å². The van der Waals surface area contributed by atoms with Gasteiger partial charge in [-0.2, -0.15) is 0 Å². The molecule has 1 rings (SSSR count). The van der Waals surface area contributed by atoms with Crippen molar-refractivity contribution in [2.75, 3.05) is 26.0 Å². The third kappa shape index (κ3) is 2.27. The van der Waals surface area contributed by atoms with Crippen LogP contribution in [0.25, 0.3) is 0 Å². The van der Waals surface area contributed by atoms with E-state index in [1.54, 1.807) is 4.31 Å². The van der Waals surface area contributed by atoms with E-state index in [0.29, 0.717) is 5.75 Å². The van der Waals surface area contributed by atoms with Gasteiger partial charge >= 0.3 is 5.97 Å². The fourth-order valence-electron chi connectivity index (χ4n) is 0.955. The maximum Gasteiger partial charge on any atom is 0.320 e. The standard InChI is InChI=1S/C6H11NO3S/c1-10-6(8)5-7-3-2-4-11(7)9/h2-5H2,1H3. The van der Waals surface area contributed by atoms with Gasteiger partial charge in [0.25, 0.3) is 0 Å². The van der Waals surface area contributed by atoms with Gasteiger partial charge in [-0.15, -0.1) is 0 Å². The van der Waals surface area contributed by atoms with Crippen LogP contribution in [0.3, 0.4) is 0 Å². The van der Waals surface area contributed by atoms with E-state index in [-0.39, 0.29) is 12.5 Å². The Morgan fingerprint density at radius 2 is 2.45 bits per heavy atom. The SMILES string of the molecule is COC(=O)CN1CCCS1=O. The summed E-state index contributed by atoms with van der Waals surface area (Å²) in [7, 11) is 0.384. The quantitative estimate of drug-likeness (QED) is 0.536. The number of carbonyl (C=O) groups is 1. The molecule has 11 heavy (non-hydrogen) atoms. The molecule has 0 aromatic rings. The molecule has 1 fully saturated rings. The molecule has 0 aromatic heterocycles. The van der Waals surface area contributed by atoms with Crippen molar-refractivity contribution in [1.29, 1.82) is 0 Å². The van der Waals surface area contributed by atoms with Gasteiger partial charge in [-0.05, 0) is 6.42 Å². The fourth-order valence-corrected chi connectivity index (χ4v) is 2.17. The summed E-state index contributed by atoms with van der Waals surface area (Å²) < 4.78 is 17.1. The summed E-state index contributed by atoms with van der Waals surface area (Å²) in [5.41, 5.74) is 0. The predicted octanol–water partition coefficient (Wildman–Crippen LogP) is -0.471. The Labute approximate surface area is 68.1 Å². The lowest BCUT2D eigenvalue weighted by atomic mass is 10.5. The van der Waals surface area contributed by atoms with Crippen molar-refractivity contribution in [3.63, 3.8) is 0 Å². The van der Waals surface area contributed by atoms with Crippen molar-refractivity contribution < 1.29 is 13.7 Å². The molecule has 1 atom stereocenters. The summed E-state index contributed by atoms with van der Waals surface area (Å²) >= 11 is 0. The number of hydrogen-bond donors (Lipinski definition) is 0. The maximum atomic E-state index is 11.1. The molecule has 0 N–H and O–H groups in total. The molecule has 0 aromatic carbocycles. The van der Waals surface area contributed by atoms with Crippen LogP contribution in [0.1, 0.15) is 6.42 Å². The van der Waals surface area contributed by atoms with Gasteiger partial charge in [0.2, 0.25) is 0 Å². The van der Waals surface area contributed by atoms with E-state index < -0.39 is 11.0 Å². The summed E-state index contributed by atoms with van der Waals surface area (Å²) in [6, 6.07) is 0. The highest BCUT2D eigenvalue weighted by molar-refractivity contribution is 7.82. The van der Waals surface area contributed by atoms with Crippen LogP contribution in [0.5, 0.6) is 0 Å². The van der Waals surface area contributed by atoms with Crippen LogP contribution in [0.2, 0.25) is 0 Å². The molecule has 1 heterocycles. The predicted molar refractivity (Wildman–Crippen MR) is 41.2 cm³/mol. The van der Waals surface area contributed by atoms with Crippen molar-refractivity contribution in [2.45, 2.75) is 6.42 Å². The molecule has 1 aliphatic rings. The second kappa shape index (κ2) is 3.82. The Hall–Kier alpha value is -0.420. The zero-order chi connectivity index (χ0) is 8.27. The summed E-state index contributed by atoms with van der Waals surface area (Å²) in [4.78, 5) is 10.7. The topological polar surface area (TPSA) is 46.6 Å². The highest BCUT2D eigenvalue weighted by atomic mass is 32.2. The molecule has 0 amide bonds. The zero-order valence-electron chi connectivity index (χ0n) is 6.41. The molecule has 4 nitrogen and oxygen atoms in total. The van der Waals surface area contributed by atoms with Gasteiger partial charge in [-0.25, -0.2) is 8.51 Å². The van der Waals surface area contributed by atoms with Gasteiger partial charge in [0.05, 0.1) is 18.1 Å². The minimum Gasteiger partial charge on any atom is -0.468 e. The lowest BCUT2D eigenvalue weighted by Crippen LogP contribution is -2.28. The molecule has 1 saturated heterocycles. The molecule has 0 spiro atoms. The first-order valence-electron chi connectivity index (χ1n) is 3.44. The molecule has 0 bridgehead atoms. The third-order valence-electron chi connectivity index (χ3n) is 1.55. The molecule has 5 heteroatoms. The van der Waals surface area contributed by atoms with Crippen LogP contribution in [0.15, 0.2) is 0 Å². The minimum absolute atomic E-state index is 0.156. The number of rotatable bonds is 2. The van der Waals surface area contributed by atoms with Crippen molar-refractivity contribution in [1.82, 2.24) is 4.31 Å². The van der Waals surface area contributed by atoms with E-state index in [9.17, 15) is 9.00 Å². The van der Waals surface area contributed by atoms with Crippen LogP contribution in [0.4, 0.5) is 0 Å². The van der Waals surface area contributed by atoms with Gasteiger partial charge in [-0.3, -0.25) is 4.79 Å². The number of carbonyl (C=O) groups excluding carboxylic acids is 1. The zero-order valence-corrected chi connectivity index (χ0v) is 7.23. The maximum absolute atomic E-state index is 11.1. The lowest BCUT2D eigenvalue weighted by Gasteiger charge is -2.10. The Kier molecular flexibility index (Phi) is 3.02. The number of nitrogens with zero attached hydrogens (tertiary/aromatic N) is 1. The first-order chi connectivity index (χ1) is 5.24. The third-order valence-corrected chi connectivity index (χ3v) is 3.07. The summed E-state index contributed by atoms with van der Waals surface area (Å²) in [6.07, 6.45) is 0.906. The summed E-state index contributed by atoms with van der Waals surface area (Å²) in [6.45, 7) is 0.894. The van der Waals surface area contributed by atoms with Crippen LogP contribution < -0.4 is 0 Å². The molecule has 0 radical (unpaired) electrons. The number of ether oxygens (including phenoxy) is 1. The Morgan fingerprint density at radius 1 is 1.73 bits per heavy atom. The average Bonchev–Trinajstić information content (AvgIpc) is 2.37. The minimum atomic E-state index is -0.950. The Balaban J connectivity index is 2.36. The van der Waals surface area contributed by atoms with Crippen molar-refractivity contribution in [2.24, 2.45) is 0 Å². The molecular formula is C6H11NO3S. The summed E-state index contributed by atoms with van der Waals surface area (Å²) in [5.74, 6) is 0.358. The smallest absolute Gasteiger partial charge is 0.320 e. The highest BCUT2D eigenvalue weighted by Gasteiger charge is 2.22. The number of esters is 1. The van der Waals surface area contributed by atoms with E-state index in [4.69, 9.17) is 0 Å². The normalized spacial score (nSPS) is 25.4. The van der Waals surface area contributed by atoms with Gasteiger partial charge < -0.3 is 4.74 Å². The van der Waals surface area contributed by atoms with E-state index in [1.165, 1.54) is 7.11 Å². The van der Waals surface area contributed by atoms with Crippen LogP contribution in [-0.4, -0.2) is 40.4 Å². The van der Waals surface area contributed by atoms with Crippen molar-refractivity contribution in [3.8, 4) is 0 Å². The van der Waals surface area contributed by atoms with Crippen molar-refractivity contribution >= 4 is 17.0 Å². The Morgan fingerprint density at radius 3 is 2.91 bits per heavy atom. The number of hydrogen-bond acceptors (Lipinski definition) is 3. The highest BCUT2D eigenvalue weighted by Crippen LogP contribution is 2.07. The van der Waals surface area contributed by atoms with Crippen LogP contribution in [0, 0.1) is 0 Å². The molecule has 1 aliphatic heterocycles. The van der Waals surface area contributed by atoms with E-state index in [0.717, 1.165) is 13.0 Å². The largest absolute Gasteiger partial charge is 0.468 e. The second-order valence-electron chi connectivity index (χ2n) is 2.32.